The van der Waals surface area contributed by atoms with Crippen molar-refractivity contribution in [3.05, 3.63) is 101 Å². The molecular formula is C26H24ClN3O3. The molecule has 0 aliphatic heterocycles. The van der Waals surface area contributed by atoms with E-state index in [4.69, 9.17) is 11.6 Å². The molecule has 3 amide bonds. The highest BCUT2D eigenvalue weighted by Gasteiger charge is 2.25. The zero-order valence-electron chi connectivity index (χ0n) is 17.9. The van der Waals surface area contributed by atoms with Crippen LogP contribution in [0.4, 0.5) is 5.69 Å². The number of anilines is 1. The van der Waals surface area contributed by atoms with Gasteiger partial charge in [-0.2, -0.15) is 0 Å². The van der Waals surface area contributed by atoms with Gasteiger partial charge in [-0.25, -0.2) is 0 Å². The van der Waals surface area contributed by atoms with E-state index in [0.29, 0.717) is 16.8 Å². The third-order valence-corrected chi connectivity index (χ3v) is 5.66. The van der Waals surface area contributed by atoms with E-state index in [0.717, 1.165) is 18.4 Å². The van der Waals surface area contributed by atoms with Crippen molar-refractivity contribution < 1.29 is 14.4 Å². The van der Waals surface area contributed by atoms with Crippen LogP contribution in [0.1, 0.15) is 51.6 Å². The summed E-state index contributed by atoms with van der Waals surface area (Å²) in [5.74, 6) is -0.761. The summed E-state index contributed by atoms with van der Waals surface area (Å²) in [6, 6.07) is 22.7. The SMILES string of the molecule is O=C(CC(NC(=O)c1ccccc1)c1ccccc1)Nc1ccc(C(=O)NC2CC2)c(Cl)c1. The molecule has 1 aliphatic rings. The first-order chi connectivity index (χ1) is 16.0. The highest BCUT2D eigenvalue weighted by molar-refractivity contribution is 6.34. The Morgan fingerprint density at radius 3 is 2.18 bits per heavy atom. The molecule has 0 radical (unpaired) electrons. The zero-order valence-corrected chi connectivity index (χ0v) is 18.6. The molecule has 0 aromatic heterocycles. The van der Waals surface area contributed by atoms with E-state index in [-0.39, 0.29) is 35.2 Å². The van der Waals surface area contributed by atoms with Crippen LogP contribution < -0.4 is 16.0 Å². The number of rotatable bonds is 8. The molecule has 168 valence electrons. The quantitative estimate of drug-likeness (QED) is 0.453. The second kappa shape index (κ2) is 10.3. The van der Waals surface area contributed by atoms with Gasteiger partial charge in [-0.1, -0.05) is 60.1 Å². The van der Waals surface area contributed by atoms with Crippen molar-refractivity contribution in [2.24, 2.45) is 0 Å². The average Bonchev–Trinajstić information content (AvgIpc) is 3.63. The van der Waals surface area contributed by atoms with Crippen molar-refractivity contribution in [1.82, 2.24) is 10.6 Å². The van der Waals surface area contributed by atoms with Gasteiger partial charge in [-0.15, -0.1) is 0 Å². The smallest absolute Gasteiger partial charge is 0.253 e. The van der Waals surface area contributed by atoms with Crippen LogP contribution >= 0.6 is 11.6 Å². The lowest BCUT2D eigenvalue weighted by atomic mass is 10.0. The Morgan fingerprint density at radius 1 is 0.879 bits per heavy atom. The summed E-state index contributed by atoms with van der Waals surface area (Å²) < 4.78 is 0. The number of carbonyl (C=O) groups excluding carboxylic acids is 3. The molecule has 0 heterocycles. The largest absolute Gasteiger partial charge is 0.349 e. The van der Waals surface area contributed by atoms with Crippen molar-refractivity contribution in [3.8, 4) is 0 Å². The Hall–Kier alpha value is -3.64. The van der Waals surface area contributed by atoms with E-state index < -0.39 is 6.04 Å². The number of nitrogens with one attached hydrogen (secondary N) is 3. The molecule has 1 atom stereocenters. The lowest BCUT2D eigenvalue weighted by Crippen LogP contribution is -2.31. The Bertz CT molecular complexity index is 1150. The topological polar surface area (TPSA) is 87.3 Å². The van der Waals surface area contributed by atoms with Crippen LogP contribution in [0.15, 0.2) is 78.9 Å². The standard InChI is InChI=1S/C26H24ClN3O3/c27-22-15-20(13-14-21(22)26(33)29-19-11-12-19)28-24(31)16-23(17-7-3-1-4-8-17)30-25(32)18-9-5-2-6-10-18/h1-10,13-15,19,23H,11-12,16H2,(H,28,31)(H,29,33)(H,30,32). The minimum atomic E-state index is -0.516. The predicted octanol–water partition coefficient (Wildman–Crippen LogP) is 4.73. The van der Waals surface area contributed by atoms with Gasteiger partial charge in [0.25, 0.3) is 11.8 Å². The summed E-state index contributed by atoms with van der Waals surface area (Å²) >= 11 is 6.28. The fraction of sp³-hybridized carbons (Fsp3) is 0.192. The van der Waals surface area contributed by atoms with E-state index >= 15 is 0 Å². The first kappa shape index (κ1) is 22.6. The summed E-state index contributed by atoms with van der Waals surface area (Å²) in [7, 11) is 0. The number of hydrogen-bond donors (Lipinski definition) is 3. The average molecular weight is 462 g/mol. The minimum absolute atomic E-state index is 0.0319. The first-order valence-electron chi connectivity index (χ1n) is 10.8. The van der Waals surface area contributed by atoms with Crippen molar-refractivity contribution in [2.75, 3.05) is 5.32 Å². The van der Waals surface area contributed by atoms with E-state index in [1.165, 1.54) is 0 Å². The molecule has 1 aliphatic carbocycles. The molecule has 4 rings (SSSR count). The van der Waals surface area contributed by atoms with Gasteiger partial charge in [0.05, 0.1) is 23.0 Å². The summed E-state index contributed by atoms with van der Waals surface area (Å²) in [4.78, 5) is 37.8. The molecule has 0 spiro atoms. The summed E-state index contributed by atoms with van der Waals surface area (Å²) in [5.41, 5.74) is 2.20. The fourth-order valence-corrected chi connectivity index (χ4v) is 3.70. The highest BCUT2D eigenvalue weighted by atomic mass is 35.5. The maximum absolute atomic E-state index is 12.8. The number of amides is 3. The predicted molar refractivity (Wildman–Crippen MR) is 128 cm³/mol. The second-order valence-corrected chi connectivity index (χ2v) is 8.40. The fourth-order valence-electron chi connectivity index (χ4n) is 3.43. The monoisotopic (exact) mass is 461 g/mol. The molecule has 7 heteroatoms. The van der Waals surface area contributed by atoms with Crippen LogP contribution in [0.3, 0.4) is 0 Å². The van der Waals surface area contributed by atoms with Gasteiger partial charge >= 0.3 is 0 Å². The molecule has 1 fully saturated rings. The van der Waals surface area contributed by atoms with Crippen LogP contribution in [0, 0.1) is 0 Å². The van der Waals surface area contributed by atoms with Crippen LogP contribution in [0.25, 0.3) is 0 Å². The number of hydrogen-bond acceptors (Lipinski definition) is 3. The third-order valence-electron chi connectivity index (χ3n) is 5.34. The molecule has 1 unspecified atom stereocenters. The lowest BCUT2D eigenvalue weighted by Gasteiger charge is -2.19. The second-order valence-electron chi connectivity index (χ2n) is 8.00. The van der Waals surface area contributed by atoms with E-state index in [9.17, 15) is 14.4 Å². The Kier molecular flexibility index (Phi) is 7.05. The summed E-state index contributed by atoms with van der Waals surface area (Å²) in [5, 5.41) is 8.92. The highest BCUT2D eigenvalue weighted by Crippen LogP contribution is 2.25. The van der Waals surface area contributed by atoms with Gasteiger partial charge in [0.15, 0.2) is 0 Å². The van der Waals surface area contributed by atoms with Crippen LogP contribution in [-0.4, -0.2) is 23.8 Å². The Labute approximate surface area is 197 Å². The molecule has 0 saturated heterocycles. The summed E-state index contributed by atoms with van der Waals surface area (Å²) in [6.07, 6.45) is 2.01. The minimum Gasteiger partial charge on any atom is -0.349 e. The van der Waals surface area contributed by atoms with E-state index in [1.807, 2.05) is 36.4 Å². The zero-order chi connectivity index (χ0) is 23.2. The molecular weight excluding hydrogens is 438 g/mol. The molecule has 0 bridgehead atoms. The molecule has 1 saturated carbocycles. The maximum Gasteiger partial charge on any atom is 0.253 e. The van der Waals surface area contributed by atoms with Gasteiger partial charge in [0.1, 0.15) is 0 Å². The van der Waals surface area contributed by atoms with Crippen LogP contribution in [0.5, 0.6) is 0 Å². The molecule has 3 N–H and O–H groups in total. The van der Waals surface area contributed by atoms with Crippen LogP contribution in [-0.2, 0) is 4.79 Å². The third kappa shape index (κ3) is 6.20. The van der Waals surface area contributed by atoms with Gasteiger partial charge < -0.3 is 16.0 Å². The Balaban J connectivity index is 1.43. The molecule has 3 aromatic carbocycles. The van der Waals surface area contributed by atoms with Crippen molar-refractivity contribution >= 4 is 35.0 Å². The molecule has 6 nitrogen and oxygen atoms in total. The Morgan fingerprint density at radius 2 is 1.55 bits per heavy atom. The van der Waals surface area contributed by atoms with Gasteiger partial charge in [-0.05, 0) is 48.7 Å². The lowest BCUT2D eigenvalue weighted by molar-refractivity contribution is -0.116. The summed E-state index contributed by atoms with van der Waals surface area (Å²) in [6.45, 7) is 0. The first-order valence-corrected chi connectivity index (χ1v) is 11.2. The normalized spacial score (nSPS) is 13.6. The number of halogens is 1. The number of benzene rings is 3. The van der Waals surface area contributed by atoms with Crippen LogP contribution in [0.2, 0.25) is 5.02 Å². The van der Waals surface area contributed by atoms with Gasteiger partial charge in [0, 0.05) is 17.3 Å². The number of carbonyl (C=O) groups is 3. The van der Waals surface area contributed by atoms with Crippen molar-refractivity contribution in [3.63, 3.8) is 0 Å². The molecule has 33 heavy (non-hydrogen) atoms. The van der Waals surface area contributed by atoms with E-state index in [2.05, 4.69) is 16.0 Å². The van der Waals surface area contributed by atoms with Gasteiger partial charge in [0.2, 0.25) is 5.91 Å². The van der Waals surface area contributed by atoms with Crippen molar-refractivity contribution in [2.45, 2.75) is 31.3 Å². The maximum atomic E-state index is 12.8. The van der Waals surface area contributed by atoms with Crippen molar-refractivity contribution in [1.29, 1.82) is 0 Å². The molecule has 3 aromatic rings. The van der Waals surface area contributed by atoms with E-state index in [1.54, 1.807) is 42.5 Å². The van der Waals surface area contributed by atoms with Gasteiger partial charge in [-0.3, -0.25) is 14.4 Å².